The Labute approximate surface area is 199 Å². The molecule has 0 aromatic heterocycles. The van der Waals surface area contributed by atoms with E-state index in [4.69, 9.17) is 0 Å². The maximum Gasteiger partial charge on any atom is 0.247 e. The highest BCUT2D eigenvalue weighted by molar-refractivity contribution is 8.13. The van der Waals surface area contributed by atoms with E-state index in [1.165, 1.54) is 27.7 Å². The van der Waals surface area contributed by atoms with Crippen LogP contribution < -0.4 is 5.32 Å². The summed E-state index contributed by atoms with van der Waals surface area (Å²) in [7, 11) is -0.0409. The van der Waals surface area contributed by atoms with Gasteiger partial charge in [0.15, 0.2) is 0 Å². The minimum absolute atomic E-state index is 0.0409. The average molecular weight is 458 g/mol. The lowest BCUT2D eigenvalue weighted by molar-refractivity contribution is -0.111. The number of hydrogen-bond acceptors (Lipinski definition) is 3. The smallest absolute Gasteiger partial charge is 0.247 e. The Kier molecular flexibility index (Phi) is 7.89. The van der Waals surface area contributed by atoms with Crippen LogP contribution >= 0.6 is 10.7 Å². The van der Waals surface area contributed by atoms with E-state index in [1.54, 1.807) is 0 Å². The molecule has 170 valence electrons. The lowest BCUT2D eigenvalue weighted by Gasteiger charge is -2.36. The molecule has 3 aromatic rings. The van der Waals surface area contributed by atoms with E-state index in [-0.39, 0.29) is 16.6 Å². The number of nitrogens with zero attached hydrogens (tertiary/aromatic N) is 2. The number of benzene rings is 3. The van der Waals surface area contributed by atoms with Crippen molar-refractivity contribution < 1.29 is 4.79 Å². The molecule has 1 aliphatic rings. The van der Waals surface area contributed by atoms with Crippen molar-refractivity contribution in [2.75, 3.05) is 31.5 Å². The van der Waals surface area contributed by atoms with Crippen molar-refractivity contribution in [3.05, 3.63) is 97.1 Å². The zero-order chi connectivity index (χ0) is 23.0. The van der Waals surface area contributed by atoms with Gasteiger partial charge in [0.2, 0.25) is 5.91 Å². The summed E-state index contributed by atoms with van der Waals surface area (Å²) in [6.07, 6.45) is 1.29. The molecule has 1 aliphatic heterocycles. The first-order valence-electron chi connectivity index (χ1n) is 11.3. The quantitative estimate of drug-likeness (QED) is 0.367. The van der Waals surface area contributed by atoms with Crippen molar-refractivity contribution in [3.8, 4) is 11.1 Å². The molecule has 4 nitrogen and oxygen atoms in total. The molecule has 1 N–H and O–H groups in total. The number of amides is 1. The van der Waals surface area contributed by atoms with Crippen molar-refractivity contribution in [1.29, 1.82) is 0 Å². The van der Waals surface area contributed by atoms with Crippen LogP contribution in [0.1, 0.15) is 12.5 Å². The minimum Gasteiger partial charge on any atom is -0.323 e. The first kappa shape index (κ1) is 23.2. The third-order valence-electron chi connectivity index (χ3n) is 5.85. The molecule has 5 heteroatoms. The summed E-state index contributed by atoms with van der Waals surface area (Å²) in [6.45, 7) is 10.8. The van der Waals surface area contributed by atoms with Crippen LogP contribution in [0.3, 0.4) is 0 Å². The Morgan fingerprint density at radius 1 is 0.909 bits per heavy atom. The van der Waals surface area contributed by atoms with Gasteiger partial charge in [-0.2, -0.15) is 0 Å². The third-order valence-corrected chi connectivity index (χ3v) is 7.97. The number of anilines is 1. The van der Waals surface area contributed by atoms with Gasteiger partial charge in [-0.05, 0) is 59.3 Å². The molecule has 1 atom stereocenters. The molecule has 1 amide bonds. The van der Waals surface area contributed by atoms with E-state index in [0.29, 0.717) is 0 Å². The monoisotopic (exact) mass is 457 g/mol. The first-order valence-corrected chi connectivity index (χ1v) is 12.6. The zero-order valence-electron chi connectivity index (χ0n) is 19.1. The molecule has 1 saturated heterocycles. The number of hydrogen-bond donors (Lipinski definition) is 1. The molecule has 1 unspecified atom stereocenters. The maximum absolute atomic E-state index is 11.5. The van der Waals surface area contributed by atoms with Gasteiger partial charge < -0.3 is 5.32 Å². The summed E-state index contributed by atoms with van der Waals surface area (Å²) >= 11 is 0. The first-order chi connectivity index (χ1) is 16.2. The molecule has 3 aromatic carbocycles. The number of carbonyl (C=O) groups excluding carboxylic acids is 1. The van der Waals surface area contributed by atoms with E-state index >= 15 is 0 Å². The van der Waals surface area contributed by atoms with Crippen molar-refractivity contribution in [2.24, 2.45) is 0 Å². The third kappa shape index (κ3) is 6.08. The fraction of sp³-hybridized carbons (Fsp3) is 0.214. The van der Waals surface area contributed by atoms with E-state index in [0.717, 1.165) is 38.4 Å². The van der Waals surface area contributed by atoms with Crippen LogP contribution in [0.15, 0.2) is 96.4 Å². The van der Waals surface area contributed by atoms with E-state index in [9.17, 15) is 4.79 Å². The van der Waals surface area contributed by atoms with Crippen LogP contribution in [-0.4, -0.2) is 46.7 Å². The van der Waals surface area contributed by atoms with Gasteiger partial charge >= 0.3 is 0 Å². The number of piperazine rings is 1. The van der Waals surface area contributed by atoms with Crippen LogP contribution in [0.25, 0.3) is 11.1 Å². The summed E-state index contributed by atoms with van der Waals surface area (Å²) in [5, 5.41) is 5.10. The van der Waals surface area contributed by atoms with Crippen molar-refractivity contribution in [3.63, 3.8) is 0 Å². The second-order valence-electron chi connectivity index (χ2n) is 8.04. The minimum atomic E-state index is -0.186. The van der Waals surface area contributed by atoms with Crippen LogP contribution in [0.5, 0.6) is 0 Å². The molecule has 0 radical (unpaired) electrons. The Hall–Kier alpha value is -2.99. The van der Waals surface area contributed by atoms with Crippen LogP contribution in [0.2, 0.25) is 0 Å². The fourth-order valence-corrected chi connectivity index (χ4v) is 5.92. The molecular formula is C28H31N3OS. The van der Waals surface area contributed by atoms with Crippen LogP contribution in [0.4, 0.5) is 5.69 Å². The van der Waals surface area contributed by atoms with Gasteiger partial charge in [-0.3, -0.25) is 9.69 Å². The Morgan fingerprint density at radius 2 is 1.55 bits per heavy atom. The van der Waals surface area contributed by atoms with Crippen molar-refractivity contribution >= 4 is 27.6 Å². The second kappa shape index (κ2) is 11.2. The topological polar surface area (TPSA) is 35.6 Å². The number of carbonyl (C=O) groups is 1. The number of nitrogens with one attached hydrogen (secondary N) is 1. The summed E-state index contributed by atoms with van der Waals surface area (Å²) in [5.74, 6) is -0.186. The molecule has 0 aliphatic carbocycles. The molecule has 0 spiro atoms. The lowest BCUT2D eigenvalue weighted by Crippen LogP contribution is -2.43. The lowest BCUT2D eigenvalue weighted by atomic mass is 10.0. The zero-order valence-corrected chi connectivity index (χ0v) is 19.9. The van der Waals surface area contributed by atoms with E-state index < -0.39 is 0 Å². The van der Waals surface area contributed by atoms with Crippen molar-refractivity contribution in [1.82, 2.24) is 9.21 Å². The largest absolute Gasteiger partial charge is 0.323 e. The highest BCUT2D eigenvalue weighted by Crippen LogP contribution is 2.32. The Balaban J connectivity index is 1.32. The molecular weight excluding hydrogens is 426 g/mol. The summed E-state index contributed by atoms with van der Waals surface area (Å²) in [5.41, 5.74) is 4.69. The molecule has 0 saturated carbocycles. The van der Waals surface area contributed by atoms with Gasteiger partial charge in [-0.1, -0.05) is 71.8 Å². The normalized spacial score (nSPS) is 15.8. The van der Waals surface area contributed by atoms with Gasteiger partial charge in [-0.15, -0.1) is 0 Å². The molecule has 33 heavy (non-hydrogen) atoms. The van der Waals surface area contributed by atoms with E-state index in [2.05, 4.69) is 100 Å². The Bertz CT molecular complexity index is 1100. The predicted molar refractivity (Wildman–Crippen MR) is 142 cm³/mol. The molecule has 1 fully saturated rings. The fourth-order valence-electron chi connectivity index (χ4n) is 4.08. The van der Waals surface area contributed by atoms with Gasteiger partial charge in [0.05, 0.1) is 0 Å². The molecule has 0 bridgehead atoms. The average Bonchev–Trinajstić information content (AvgIpc) is 2.87. The van der Waals surface area contributed by atoms with E-state index in [1.807, 2.05) is 12.1 Å². The Morgan fingerprint density at radius 3 is 2.15 bits per heavy atom. The maximum atomic E-state index is 11.5. The van der Waals surface area contributed by atoms with Crippen LogP contribution in [-0.2, 0) is 11.3 Å². The van der Waals surface area contributed by atoms with Gasteiger partial charge in [0, 0.05) is 43.3 Å². The molecule has 4 rings (SSSR count). The second-order valence-corrected chi connectivity index (χ2v) is 10.1. The van der Waals surface area contributed by atoms with Gasteiger partial charge in [0.25, 0.3) is 0 Å². The standard InChI is InChI=1S/C28H31N3OS/c1-3-28(32)29-26-14-16-27(17-15-26)33(4-2)31-20-18-30(19-21-31)22-23-10-12-25(13-11-23)24-8-6-5-7-9-24/h3-17H,1,18-22H2,2H3,(H,29,32). The van der Waals surface area contributed by atoms with Gasteiger partial charge in [-0.25, -0.2) is 4.31 Å². The van der Waals surface area contributed by atoms with Crippen LogP contribution in [0, 0.1) is 0 Å². The number of rotatable bonds is 7. The van der Waals surface area contributed by atoms with Gasteiger partial charge in [0.1, 0.15) is 0 Å². The highest BCUT2D eigenvalue weighted by Gasteiger charge is 2.20. The van der Waals surface area contributed by atoms with Crippen molar-refractivity contribution in [2.45, 2.75) is 18.4 Å². The SMILES string of the molecule is C=CC(=O)Nc1ccc(/S(=C\C)N2CCN(Cc3ccc(-c4ccccc4)cc3)CC2)cc1. The summed E-state index contributed by atoms with van der Waals surface area (Å²) in [6, 6.07) is 27.7. The summed E-state index contributed by atoms with van der Waals surface area (Å²) in [4.78, 5) is 15.3. The predicted octanol–water partition coefficient (Wildman–Crippen LogP) is 5.66. The highest BCUT2D eigenvalue weighted by atomic mass is 32.2. The molecule has 1 heterocycles. The summed E-state index contributed by atoms with van der Waals surface area (Å²) < 4.78 is 2.56.